The molecule has 63 heavy (non-hydrogen) atoms. The van der Waals surface area contributed by atoms with E-state index in [0.29, 0.717) is 49.8 Å². The van der Waals surface area contributed by atoms with Gasteiger partial charge in [-0.1, -0.05) is 46.4 Å². The molecule has 3 saturated heterocycles. The van der Waals surface area contributed by atoms with Crippen LogP contribution in [0.2, 0.25) is 25.5 Å². The number of nitrogens with zero attached hydrogens (tertiary/aromatic N) is 6. The molecule has 6 heterocycles. The van der Waals surface area contributed by atoms with E-state index in [1.807, 2.05) is 16.7 Å². The van der Waals surface area contributed by atoms with E-state index in [-0.39, 0.29) is 61.7 Å². The first kappa shape index (κ1) is 56.5. The molecule has 18 nitrogen and oxygen atoms in total. The average Bonchev–Trinajstić information content (AvgIpc) is 3.25. The number of H-pyrrole nitrogens is 2. The van der Waals surface area contributed by atoms with E-state index in [0.717, 1.165) is 64.7 Å². The van der Waals surface area contributed by atoms with Crippen molar-refractivity contribution in [1.82, 2.24) is 35.2 Å². The van der Waals surface area contributed by atoms with E-state index < -0.39 is 10.8 Å². The molecule has 0 unspecified atom stereocenters. The molecule has 0 aromatic carbocycles. The third-order valence-corrected chi connectivity index (χ3v) is 10.1. The molecule has 3 fully saturated rings. The van der Waals surface area contributed by atoms with Gasteiger partial charge in [-0.15, -0.1) is 0 Å². The van der Waals surface area contributed by atoms with Crippen LogP contribution in [0.4, 0.5) is 11.9 Å². The summed E-state index contributed by atoms with van der Waals surface area (Å²) in [5, 5.41) is 0.646. The molecule has 0 amide bonds. The molecule has 3 atom stereocenters. The lowest BCUT2D eigenvalue weighted by Crippen LogP contribution is -2.40. The van der Waals surface area contributed by atoms with Gasteiger partial charge in [0.15, 0.2) is 5.15 Å². The van der Waals surface area contributed by atoms with E-state index in [2.05, 4.69) is 68.9 Å². The van der Waals surface area contributed by atoms with Crippen molar-refractivity contribution in [2.24, 2.45) is 17.8 Å². The molecule has 6 rings (SSSR count). The van der Waals surface area contributed by atoms with Crippen molar-refractivity contribution in [1.29, 1.82) is 0 Å². The lowest BCUT2D eigenvalue weighted by Gasteiger charge is -2.31. The highest BCUT2D eigenvalue weighted by Gasteiger charge is 2.29. The third kappa shape index (κ3) is 22.4. The molecule has 352 valence electrons. The van der Waals surface area contributed by atoms with Crippen LogP contribution in [0.1, 0.15) is 59.3 Å². The fourth-order valence-corrected chi connectivity index (χ4v) is 6.47. The number of aromatic amines is 2. The first-order valence-corrected chi connectivity index (χ1v) is 25.8. The molecule has 3 aliphatic rings. The first-order chi connectivity index (χ1) is 29.8. The van der Waals surface area contributed by atoms with Gasteiger partial charge in [0.2, 0.25) is 17.2 Å². The van der Waals surface area contributed by atoms with Crippen molar-refractivity contribution in [3.8, 4) is 0 Å². The third-order valence-electron chi connectivity index (χ3n) is 8.74. The number of carbonyl (C=O) groups excluding carboxylic acids is 3. The monoisotopic (exact) mass is 1060 g/mol. The number of anilines is 2. The van der Waals surface area contributed by atoms with Crippen molar-refractivity contribution in [3.63, 3.8) is 0 Å². The molecule has 3 aromatic heterocycles. The molecule has 0 aliphatic carbocycles. The van der Waals surface area contributed by atoms with Crippen LogP contribution in [-0.4, -0.2) is 107 Å². The van der Waals surface area contributed by atoms with Crippen LogP contribution in [0.5, 0.6) is 0 Å². The van der Waals surface area contributed by atoms with Crippen molar-refractivity contribution >= 4 is 127 Å². The van der Waals surface area contributed by atoms with E-state index in [4.69, 9.17) is 72.2 Å². The second-order valence-corrected chi connectivity index (χ2v) is 21.9. The highest BCUT2D eigenvalue weighted by atomic mass is 36.0. The van der Waals surface area contributed by atoms with Crippen molar-refractivity contribution < 1.29 is 33.2 Å². The van der Waals surface area contributed by atoms with Gasteiger partial charge in [-0.25, -0.2) is 15.0 Å². The molecule has 3 N–H and O–H groups in total. The number of carbonyl (C=O) groups is 3. The summed E-state index contributed by atoms with van der Waals surface area (Å²) in [5.74, 6) is 0.354. The van der Waals surface area contributed by atoms with Gasteiger partial charge in [0.25, 0.3) is 11.1 Å². The van der Waals surface area contributed by atoms with Gasteiger partial charge in [0.1, 0.15) is 10.0 Å². The quantitative estimate of drug-likeness (QED) is 0.0634. The van der Waals surface area contributed by atoms with Crippen LogP contribution in [-0.2, 0) is 33.2 Å². The number of aromatic nitrogens is 6. The van der Waals surface area contributed by atoms with Gasteiger partial charge in [-0.05, 0) is 111 Å². The Morgan fingerprint density at radius 2 is 1.14 bits per heavy atom. The zero-order valence-corrected chi connectivity index (χ0v) is 41.3. The zero-order valence-electron chi connectivity index (χ0n) is 34.4. The number of esters is 3. The van der Waals surface area contributed by atoms with Gasteiger partial charge >= 0.3 is 23.1 Å². The number of hydrogen-bond donors (Lipinski definition) is 3. The first-order valence-electron chi connectivity index (χ1n) is 19.5. The van der Waals surface area contributed by atoms with Crippen LogP contribution in [0.3, 0.4) is 0 Å². The maximum atomic E-state index is 11.8. The maximum absolute atomic E-state index is 11.8. The molecule has 3 aromatic rings. The Morgan fingerprint density at radius 3 is 1.60 bits per heavy atom. The number of piperidine rings is 3. The summed E-state index contributed by atoms with van der Waals surface area (Å²) in [5.41, 5.74) is -0.790. The molecular formula is C36H48Cl8N9O9P. The van der Waals surface area contributed by atoms with E-state index in [9.17, 15) is 28.5 Å². The summed E-state index contributed by atoms with van der Waals surface area (Å²) in [6.07, 6.45) is 9.44. The predicted octanol–water partition coefficient (Wildman–Crippen LogP) is 8.20. The molecule has 0 radical (unpaired) electrons. The standard InChI is InChI=1S/C12H15Cl2N3O2.C12H16ClN3O3.C8H15NO2.C4H2Cl2N2O.Cl3OP/c1-2-19-11(18)8-4-3-5-17(7-8)12-15-6-9(13)10(14)16-12;1-2-19-11(18)8-4-3-5-16(7-8)12-14-6-9(13)10(17)15-12;1-2-11-8(10)7-4-3-5-9-6-7;5-2-1-7-4(6)8-3(2)9;1-5(2,3)4/h6,8H,2-5,7H2,1H3;6,8H,2-5,7H2,1H3,(H,14,15,17);7,9H,2-6H2,1H3;1H,(H,7,8,9);/t2*8-;7-;;/m111../s1. The topological polar surface area (TPSA) is 232 Å². The fourth-order valence-electron chi connectivity index (χ4n) is 5.92. The van der Waals surface area contributed by atoms with Gasteiger partial charge in [0.05, 0.1) is 61.2 Å². The van der Waals surface area contributed by atoms with E-state index in [1.54, 1.807) is 13.8 Å². The molecular weight excluding hydrogens is 1020 g/mol. The summed E-state index contributed by atoms with van der Waals surface area (Å²) in [6.45, 7) is 11.1. The molecule has 0 saturated carbocycles. The summed E-state index contributed by atoms with van der Waals surface area (Å²) in [6, 6.07) is 0. The fraction of sp³-hybridized carbons (Fsp3) is 0.583. The number of nitrogens with one attached hydrogen (secondary N) is 3. The van der Waals surface area contributed by atoms with Gasteiger partial charge in [0, 0.05) is 32.7 Å². The normalized spacial score (nSPS) is 18.2. The van der Waals surface area contributed by atoms with Gasteiger partial charge in [-0.3, -0.25) is 38.5 Å². The Bertz CT molecular complexity index is 2070. The van der Waals surface area contributed by atoms with Crippen LogP contribution in [0.25, 0.3) is 0 Å². The Hall–Kier alpha value is -2.64. The minimum Gasteiger partial charge on any atom is -0.466 e. The van der Waals surface area contributed by atoms with E-state index in [1.165, 1.54) is 18.6 Å². The predicted molar refractivity (Wildman–Crippen MR) is 247 cm³/mol. The number of rotatable bonds is 8. The number of ether oxygens (including phenoxy) is 3. The highest BCUT2D eigenvalue weighted by Crippen LogP contribution is 2.61. The Labute approximate surface area is 403 Å². The summed E-state index contributed by atoms with van der Waals surface area (Å²) in [7, 11) is 0. The Kier molecular flexibility index (Phi) is 26.7. The highest BCUT2D eigenvalue weighted by molar-refractivity contribution is 8.24. The molecule has 0 bridgehead atoms. The lowest BCUT2D eigenvalue weighted by molar-refractivity contribution is -0.149. The zero-order chi connectivity index (χ0) is 47.1. The van der Waals surface area contributed by atoms with Crippen molar-refractivity contribution in [2.75, 3.05) is 68.9 Å². The minimum atomic E-state index is -3.22. The smallest absolute Gasteiger partial charge is 0.339 e. The van der Waals surface area contributed by atoms with Gasteiger partial charge in [-0.2, -0.15) is 4.98 Å². The lowest BCUT2D eigenvalue weighted by atomic mass is 9.98. The van der Waals surface area contributed by atoms with E-state index >= 15 is 0 Å². The molecule has 3 aliphatic heterocycles. The average molecular weight is 1070 g/mol. The summed E-state index contributed by atoms with van der Waals surface area (Å²) in [4.78, 5) is 81.1. The summed E-state index contributed by atoms with van der Waals surface area (Å²) >= 11 is 41.8. The van der Waals surface area contributed by atoms with Gasteiger partial charge < -0.3 is 29.3 Å². The summed E-state index contributed by atoms with van der Waals surface area (Å²) < 4.78 is 24.5. The number of hydrogen-bond acceptors (Lipinski definition) is 16. The Balaban J connectivity index is 0.000000289. The van der Waals surface area contributed by atoms with Crippen molar-refractivity contribution in [2.45, 2.75) is 59.3 Å². The van der Waals surface area contributed by atoms with Crippen LogP contribution in [0.15, 0.2) is 28.2 Å². The maximum Gasteiger partial charge on any atom is 0.339 e. The van der Waals surface area contributed by atoms with Crippen LogP contribution >= 0.6 is 96.9 Å². The number of halogens is 8. The second-order valence-electron chi connectivity index (χ2n) is 13.3. The van der Waals surface area contributed by atoms with Crippen molar-refractivity contribution in [3.05, 3.63) is 64.8 Å². The molecule has 0 spiro atoms. The second kappa shape index (κ2) is 29.8. The van der Waals surface area contributed by atoms with Crippen LogP contribution in [0, 0.1) is 17.8 Å². The van der Waals surface area contributed by atoms with Crippen LogP contribution < -0.4 is 26.2 Å². The molecule has 27 heteroatoms. The minimum absolute atomic E-state index is 0.0411. The largest absolute Gasteiger partial charge is 0.466 e. The Morgan fingerprint density at radius 1 is 0.683 bits per heavy atom. The SMILES string of the molecule is CCOC(=O)[C@@H]1CCCN(c2ncc(Cl)c(=O)[nH]2)C1.CCOC(=O)[C@@H]1CCCN(c2ncc(Cl)c(Cl)n2)C1.CCOC(=O)[C@@H]1CCCNC1.O=P(Cl)(Cl)Cl.O=c1[nH]c(Cl)ncc1Cl.